The molecule has 2 rings (SSSR count). The number of carboxylic acids is 1. The van der Waals surface area contributed by atoms with E-state index in [0.29, 0.717) is 5.75 Å². The fourth-order valence-corrected chi connectivity index (χ4v) is 2.65. The van der Waals surface area contributed by atoms with Gasteiger partial charge in [0, 0.05) is 0 Å². The number of carbonyl (C=O) groups is 2. The lowest BCUT2D eigenvalue weighted by Gasteiger charge is -2.25. The maximum atomic E-state index is 13.3. The minimum absolute atomic E-state index is 0.0481. The van der Waals surface area contributed by atoms with Crippen molar-refractivity contribution in [1.29, 1.82) is 0 Å². The molecule has 24 heavy (non-hydrogen) atoms. The number of carboxylic acid groups (broad SMARTS) is 1. The molecule has 1 aliphatic rings. The third-order valence-corrected chi connectivity index (χ3v) is 4.20. The first kappa shape index (κ1) is 18.2. The van der Waals surface area contributed by atoms with Crippen LogP contribution in [0.15, 0.2) is 24.3 Å². The molecule has 1 saturated carbocycles. The first-order chi connectivity index (χ1) is 11.1. The van der Waals surface area contributed by atoms with Gasteiger partial charge in [0.05, 0.1) is 5.56 Å². The van der Waals surface area contributed by atoms with Gasteiger partial charge >= 0.3 is 17.9 Å². The molecule has 7 heteroatoms. The molecule has 0 aliphatic heterocycles. The Morgan fingerprint density at radius 1 is 1.21 bits per heavy atom. The van der Waals surface area contributed by atoms with E-state index >= 15 is 0 Å². The molecule has 0 heterocycles. The zero-order valence-electron chi connectivity index (χ0n) is 13.6. The highest BCUT2D eigenvalue weighted by molar-refractivity contribution is 5.90. The Bertz CT molecular complexity index is 606. The predicted octanol–water partition coefficient (Wildman–Crippen LogP) is 3.66. The van der Waals surface area contributed by atoms with Gasteiger partial charge in [0.15, 0.2) is 6.10 Å². The molecule has 1 N–H and O–H groups in total. The Kier molecular flexibility index (Phi) is 5.11. The molecule has 0 amide bonds. The minimum Gasteiger partial charge on any atom is -0.488 e. The summed E-state index contributed by atoms with van der Waals surface area (Å²) in [6.07, 6.45) is 2.06. The maximum Gasteiger partial charge on any atom is 0.378 e. The number of carbonyl (C=O) groups excluding carboxylic acids is 1. The molecule has 1 unspecified atom stereocenters. The average molecular weight is 342 g/mol. The summed E-state index contributed by atoms with van der Waals surface area (Å²) >= 11 is 0. The molecule has 0 bridgehead atoms. The van der Waals surface area contributed by atoms with E-state index in [-0.39, 0.29) is 11.2 Å². The standard InChI is InChI=1S/C17H20F2O5/c1-11(17(18,19)15(21)22)23-14(20)12-5-7-13(8-6-12)24-16(2)9-3-4-10-16/h5-8,11H,3-4,9-10H2,1-2H3,(H,21,22). The second kappa shape index (κ2) is 6.75. The van der Waals surface area contributed by atoms with Crippen LogP contribution < -0.4 is 4.74 Å². The van der Waals surface area contributed by atoms with Gasteiger partial charge in [0.1, 0.15) is 11.4 Å². The van der Waals surface area contributed by atoms with Crippen molar-refractivity contribution in [3.63, 3.8) is 0 Å². The average Bonchev–Trinajstić information content (AvgIpc) is 2.93. The van der Waals surface area contributed by atoms with Crippen LogP contribution in [0.25, 0.3) is 0 Å². The number of benzene rings is 1. The third-order valence-electron chi connectivity index (χ3n) is 4.20. The highest BCUT2D eigenvalue weighted by atomic mass is 19.3. The Balaban J connectivity index is 2.00. The van der Waals surface area contributed by atoms with Gasteiger partial charge in [-0.1, -0.05) is 0 Å². The van der Waals surface area contributed by atoms with Crippen LogP contribution in [-0.4, -0.2) is 34.7 Å². The van der Waals surface area contributed by atoms with Crippen LogP contribution in [0.4, 0.5) is 8.78 Å². The smallest absolute Gasteiger partial charge is 0.378 e. The van der Waals surface area contributed by atoms with Crippen molar-refractivity contribution in [3.8, 4) is 5.75 Å². The Labute approximate surface area is 138 Å². The number of halogens is 2. The summed E-state index contributed by atoms with van der Waals surface area (Å²) in [5.41, 5.74) is -0.174. The van der Waals surface area contributed by atoms with E-state index in [0.717, 1.165) is 32.6 Å². The van der Waals surface area contributed by atoms with Gasteiger partial charge < -0.3 is 14.6 Å². The van der Waals surface area contributed by atoms with E-state index in [1.54, 1.807) is 12.1 Å². The second-order valence-electron chi connectivity index (χ2n) is 6.26. The van der Waals surface area contributed by atoms with E-state index in [1.807, 2.05) is 6.92 Å². The molecule has 1 fully saturated rings. The van der Waals surface area contributed by atoms with Crippen molar-refractivity contribution in [2.75, 3.05) is 0 Å². The Morgan fingerprint density at radius 3 is 2.25 bits per heavy atom. The molecule has 1 atom stereocenters. The van der Waals surface area contributed by atoms with E-state index in [9.17, 15) is 18.4 Å². The van der Waals surface area contributed by atoms with E-state index in [2.05, 4.69) is 4.74 Å². The first-order valence-electron chi connectivity index (χ1n) is 7.75. The molecule has 132 valence electrons. The van der Waals surface area contributed by atoms with Crippen LogP contribution in [-0.2, 0) is 9.53 Å². The topological polar surface area (TPSA) is 72.8 Å². The number of esters is 1. The minimum atomic E-state index is -4.14. The van der Waals surface area contributed by atoms with E-state index < -0.39 is 24.0 Å². The van der Waals surface area contributed by atoms with Gasteiger partial charge in [-0.15, -0.1) is 0 Å². The number of aliphatic carboxylic acids is 1. The molecule has 0 saturated heterocycles. The molecule has 0 aromatic heterocycles. The molecule has 5 nitrogen and oxygen atoms in total. The fourth-order valence-electron chi connectivity index (χ4n) is 2.65. The van der Waals surface area contributed by atoms with E-state index in [4.69, 9.17) is 9.84 Å². The largest absolute Gasteiger partial charge is 0.488 e. The summed E-state index contributed by atoms with van der Waals surface area (Å²) in [6, 6.07) is 5.95. The predicted molar refractivity (Wildman–Crippen MR) is 81.4 cm³/mol. The molecule has 1 aromatic carbocycles. The summed E-state index contributed by atoms with van der Waals surface area (Å²) in [7, 11) is 0. The van der Waals surface area contributed by atoms with Crippen LogP contribution in [0, 0.1) is 0 Å². The van der Waals surface area contributed by atoms with Gasteiger partial charge in [-0.3, -0.25) is 0 Å². The van der Waals surface area contributed by atoms with Crippen LogP contribution in [0.2, 0.25) is 0 Å². The van der Waals surface area contributed by atoms with Crippen molar-refractivity contribution >= 4 is 11.9 Å². The zero-order valence-corrected chi connectivity index (χ0v) is 13.6. The summed E-state index contributed by atoms with van der Waals surface area (Å²) < 4.78 is 37.0. The number of hydrogen-bond donors (Lipinski definition) is 1. The van der Waals surface area contributed by atoms with Crippen LogP contribution >= 0.6 is 0 Å². The zero-order chi connectivity index (χ0) is 18.0. The van der Waals surface area contributed by atoms with Crippen molar-refractivity contribution in [2.24, 2.45) is 0 Å². The second-order valence-corrected chi connectivity index (χ2v) is 6.26. The lowest BCUT2D eigenvalue weighted by atomic mass is 10.1. The highest BCUT2D eigenvalue weighted by Gasteiger charge is 2.47. The third kappa shape index (κ3) is 4.01. The van der Waals surface area contributed by atoms with Crippen molar-refractivity contribution < 1.29 is 33.0 Å². The van der Waals surface area contributed by atoms with Crippen molar-refractivity contribution in [3.05, 3.63) is 29.8 Å². The number of ether oxygens (including phenoxy) is 2. The monoisotopic (exact) mass is 342 g/mol. The van der Waals surface area contributed by atoms with Gasteiger partial charge in [-0.25, -0.2) is 9.59 Å². The first-order valence-corrected chi connectivity index (χ1v) is 7.75. The van der Waals surface area contributed by atoms with Crippen LogP contribution in [0.1, 0.15) is 49.9 Å². The molecule has 0 radical (unpaired) electrons. The number of rotatable bonds is 6. The number of hydrogen-bond acceptors (Lipinski definition) is 4. The summed E-state index contributed by atoms with van der Waals surface area (Å²) in [5.74, 6) is -6.91. The van der Waals surface area contributed by atoms with Crippen LogP contribution in [0.3, 0.4) is 0 Å². The van der Waals surface area contributed by atoms with Crippen molar-refractivity contribution in [2.45, 2.75) is 57.2 Å². The number of alkyl halides is 2. The van der Waals surface area contributed by atoms with E-state index in [1.165, 1.54) is 12.1 Å². The van der Waals surface area contributed by atoms with Crippen LogP contribution in [0.5, 0.6) is 5.75 Å². The fraction of sp³-hybridized carbons (Fsp3) is 0.529. The molecule has 0 spiro atoms. The summed E-state index contributed by atoms with van der Waals surface area (Å²) in [5, 5.41) is 8.43. The highest BCUT2D eigenvalue weighted by Crippen LogP contribution is 2.34. The lowest BCUT2D eigenvalue weighted by Crippen LogP contribution is -2.42. The van der Waals surface area contributed by atoms with Gasteiger partial charge in [0.2, 0.25) is 0 Å². The Hall–Kier alpha value is -2.18. The van der Waals surface area contributed by atoms with Gasteiger partial charge in [-0.2, -0.15) is 8.78 Å². The normalized spacial score (nSPS) is 18.0. The van der Waals surface area contributed by atoms with Crippen molar-refractivity contribution in [1.82, 2.24) is 0 Å². The molecular weight excluding hydrogens is 322 g/mol. The lowest BCUT2D eigenvalue weighted by molar-refractivity contribution is -0.180. The molecular formula is C17H20F2O5. The Morgan fingerprint density at radius 2 is 1.75 bits per heavy atom. The van der Waals surface area contributed by atoms with Gasteiger partial charge in [-0.05, 0) is 63.8 Å². The SMILES string of the molecule is CC(OC(=O)c1ccc(OC2(C)CCCC2)cc1)C(F)(F)C(=O)O. The molecule has 1 aliphatic carbocycles. The maximum absolute atomic E-state index is 13.3. The quantitative estimate of drug-likeness (QED) is 0.799. The van der Waals surface area contributed by atoms with Gasteiger partial charge in [0.25, 0.3) is 0 Å². The molecule has 1 aromatic rings. The summed E-state index contributed by atoms with van der Waals surface area (Å²) in [4.78, 5) is 22.3. The summed E-state index contributed by atoms with van der Waals surface area (Å²) in [6.45, 7) is 2.86.